The number of hydrogen-bond donors (Lipinski definition) is 1. The Labute approximate surface area is 125 Å². The molecule has 21 heavy (non-hydrogen) atoms. The standard InChI is InChI=1S/C17H21N3O/c1-12(2)17(21)18-10-16-13(3)19-14(4)20(16)11-15-8-6-5-7-9-15/h5-9H,1,10-11H2,2-4H3,(H,18,21). The molecule has 0 aliphatic carbocycles. The average Bonchev–Trinajstić information content (AvgIpc) is 2.71. The van der Waals surface area contributed by atoms with Crippen LogP contribution in [0.3, 0.4) is 0 Å². The molecule has 0 aliphatic rings. The fraction of sp³-hybridized carbons (Fsp3) is 0.294. The first-order valence-corrected chi connectivity index (χ1v) is 6.99. The number of carbonyl (C=O) groups is 1. The van der Waals surface area contributed by atoms with Crippen LogP contribution >= 0.6 is 0 Å². The van der Waals surface area contributed by atoms with Crippen molar-refractivity contribution >= 4 is 5.91 Å². The molecule has 1 amide bonds. The van der Waals surface area contributed by atoms with Crippen LogP contribution in [0.1, 0.15) is 29.7 Å². The summed E-state index contributed by atoms with van der Waals surface area (Å²) >= 11 is 0. The second-order valence-corrected chi connectivity index (χ2v) is 5.23. The summed E-state index contributed by atoms with van der Waals surface area (Å²) in [5.74, 6) is 0.829. The van der Waals surface area contributed by atoms with Crippen LogP contribution in [0.5, 0.6) is 0 Å². The molecule has 2 aromatic rings. The molecule has 0 saturated carbocycles. The lowest BCUT2D eigenvalue weighted by Crippen LogP contribution is -2.25. The minimum absolute atomic E-state index is 0.125. The zero-order valence-corrected chi connectivity index (χ0v) is 12.8. The Morgan fingerprint density at radius 3 is 2.57 bits per heavy atom. The first kappa shape index (κ1) is 15.0. The fourth-order valence-electron chi connectivity index (χ4n) is 2.27. The molecular formula is C17H21N3O. The van der Waals surface area contributed by atoms with Crippen LogP contribution in [0.15, 0.2) is 42.5 Å². The van der Waals surface area contributed by atoms with Gasteiger partial charge in [0.1, 0.15) is 5.82 Å². The normalized spacial score (nSPS) is 10.4. The Balaban J connectivity index is 2.21. The van der Waals surface area contributed by atoms with Crippen molar-refractivity contribution in [1.29, 1.82) is 0 Å². The molecule has 1 N–H and O–H groups in total. The van der Waals surface area contributed by atoms with Gasteiger partial charge in [-0.05, 0) is 26.3 Å². The van der Waals surface area contributed by atoms with Gasteiger partial charge < -0.3 is 9.88 Å². The quantitative estimate of drug-likeness (QED) is 0.858. The number of rotatable bonds is 5. The van der Waals surface area contributed by atoms with Gasteiger partial charge in [-0.1, -0.05) is 36.9 Å². The zero-order valence-electron chi connectivity index (χ0n) is 12.8. The van der Waals surface area contributed by atoms with Crippen molar-refractivity contribution in [3.05, 3.63) is 65.3 Å². The lowest BCUT2D eigenvalue weighted by molar-refractivity contribution is -0.117. The predicted octanol–water partition coefficient (Wildman–Crippen LogP) is 2.74. The number of aromatic nitrogens is 2. The van der Waals surface area contributed by atoms with Gasteiger partial charge in [0.2, 0.25) is 5.91 Å². The van der Waals surface area contributed by atoms with Gasteiger partial charge in [0.05, 0.1) is 17.9 Å². The summed E-state index contributed by atoms with van der Waals surface area (Å²) in [5.41, 5.74) is 3.71. The highest BCUT2D eigenvalue weighted by molar-refractivity contribution is 5.91. The molecule has 1 heterocycles. The SMILES string of the molecule is C=C(C)C(=O)NCc1c(C)nc(C)n1Cc1ccccc1. The molecule has 0 atom stereocenters. The Morgan fingerprint density at radius 2 is 1.95 bits per heavy atom. The molecule has 1 aromatic carbocycles. The van der Waals surface area contributed by atoms with Gasteiger partial charge >= 0.3 is 0 Å². The van der Waals surface area contributed by atoms with E-state index in [2.05, 4.69) is 33.6 Å². The van der Waals surface area contributed by atoms with Gasteiger partial charge in [0.25, 0.3) is 0 Å². The highest BCUT2D eigenvalue weighted by atomic mass is 16.1. The van der Waals surface area contributed by atoms with Gasteiger partial charge in [-0.2, -0.15) is 0 Å². The molecule has 2 rings (SSSR count). The molecule has 0 aliphatic heterocycles. The zero-order chi connectivity index (χ0) is 15.4. The Morgan fingerprint density at radius 1 is 1.29 bits per heavy atom. The van der Waals surface area contributed by atoms with Crippen LogP contribution in [0.25, 0.3) is 0 Å². The Hall–Kier alpha value is -2.36. The van der Waals surface area contributed by atoms with Crippen molar-refractivity contribution in [1.82, 2.24) is 14.9 Å². The maximum atomic E-state index is 11.7. The van der Waals surface area contributed by atoms with E-state index in [1.807, 2.05) is 32.0 Å². The van der Waals surface area contributed by atoms with E-state index in [0.29, 0.717) is 12.1 Å². The highest BCUT2D eigenvalue weighted by Crippen LogP contribution is 2.14. The first-order valence-electron chi connectivity index (χ1n) is 6.99. The van der Waals surface area contributed by atoms with Crippen molar-refractivity contribution in [2.75, 3.05) is 0 Å². The monoisotopic (exact) mass is 283 g/mol. The maximum Gasteiger partial charge on any atom is 0.246 e. The van der Waals surface area contributed by atoms with Crippen molar-refractivity contribution in [2.45, 2.75) is 33.9 Å². The number of carbonyl (C=O) groups excluding carboxylic acids is 1. The van der Waals surface area contributed by atoms with E-state index >= 15 is 0 Å². The first-order chi connectivity index (χ1) is 9.99. The summed E-state index contributed by atoms with van der Waals surface area (Å²) < 4.78 is 2.14. The topological polar surface area (TPSA) is 46.9 Å². The Bertz CT molecular complexity index is 656. The van der Waals surface area contributed by atoms with Crippen LogP contribution in [-0.2, 0) is 17.9 Å². The summed E-state index contributed by atoms with van der Waals surface area (Å²) in [5, 5.41) is 2.88. The van der Waals surface area contributed by atoms with Gasteiger partial charge in [-0.15, -0.1) is 0 Å². The van der Waals surface area contributed by atoms with Gasteiger partial charge in [0, 0.05) is 12.1 Å². The van der Waals surface area contributed by atoms with Gasteiger partial charge in [0.15, 0.2) is 0 Å². The van der Waals surface area contributed by atoms with E-state index in [9.17, 15) is 4.79 Å². The van der Waals surface area contributed by atoms with Crippen molar-refractivity contribution in [2.24, 2.45) is 0 Å². The summed E-state index contributed by atoms with van der Waals surface area (Å²) in [6.45, 7) is 10.5. The number of benzene rings is 1. The van der Waals surface area contributed by atoms with Crippen LogP contribution in [-0.4, -0.2) is 15.5 Å². The average molecular weight is 283 g/mol. The number of nitrogens with zero attached hydrogens (tertiary/aromatic N) is 2. The van der Waals surface area contributed by atoms with Crippen LogP contribution in [0, 0.1) is 13.8 Å². The lowest BCUT2D eigenvalue weighted by Gasteiger charge is -2.12. The fourth-order valence-corrected chi connectivity index (χ4v) is 2.27. The molecular weight excluding hydrogens is 262 g/mol. The summed E-state index contributed by atoms with van der Waals surface area (Å²) in [6.07, 6.45) is 0. The van der Waals surface area contributed by atoms with E-state index in [1.54, 1.807) is 6.92 Å². The summed E-state index contributed by atoms with van der Waals surface area (Å²) in [4.78, 5) is 16.2. The van der Waals surface area contributed by atoms with Crippen molar-refractivity contribution < 1.29 is 4.79 Å². The molecule has 0 saturated heterocycles. The molecule has 4 nitrogen and oxygen atoms in total. The summed E-state index contributed by atoms with van der Waals surface area (Å²) in [7, 11) is 0. The third-order valence-corrected chi connectivity index (χ3v) is 3.45. The summed E-state index contributed by atoms with van der Waals surface area (Å²) in [6, 6.07) is 10.2. The molecule has 0 unspecified atom stereocenters. The van der Waals surface area contributed by atoms with Crippen molar-refractivity contribution in [3.8, 4) is 0 Å². The van der Waals surface area contributed by atoms with Crippen LogP contribution in [0.2, 0.25) is 0 Å². The van der Waals surface area contributed by atoms with Crippen LogP contribution in [0.4, 0.5) is 0 Å². The number of imidazole rings is 1. The molecule has 0 spiro atoms. The second kappa shape index (κ2) is 6.39. The van der Waals surface area contributed by atoms with E-state index in [-0.39, 0.29) is 5.91 Å². The van der Waals surface area contributed by atoms with Gasteiger partial charge in [-0.3, -0.25) is 4.79 Å². The number of nitrogens with one attached hydrogen (secondary N) is 1. The van der Waals surface area contributed by atoms with E-state index in [4.69, 9.17) is 0 Å². The maximum absolute atomic E-state index is 11.7. The minimum Gasteiger partial charge on any atom is -0.347 e. The van der Waals surface area contributed by atoms with Crippen LogP contribution < -0.4 is 5.32 Å². The molecule has 0 fully saturated rings. The van der Waals surface area contributed by atoms with E-state index in [1.165, 1.54) is 5.56 Å². The third kappa shape index (κ3) is 3.60. The largest absolute Gasteiger partial charge is 0.347 e. The van der Waals surface area contributed by atoms with E-state index < -0.39 is 0 Å². The smallest absolute Gasteiger partial charge is 0.246 e. The lowest BCUT2D eigenvalue weighted by atomic mass is 10.2. The second-order valence-electron chi connectivity index (χ2n) is 5.23. The van der Waals surface area contributed by atoms with Gasteiger partial charge in [-0.25, -0.2) is 4.98 Å². The predicted molar refractivity (Wildman–Crippen MR) is 83.9 cm³/mol. The number of aryl methyl sites for hydroxylation is 2. The minimum atomic E-state index is -0.125. The molecule has 4 heteroatoms. The van der Waals surface area contributed by atoms with Crippen molar-refractivity contribution in [3.63, 3.8) is 0 Å². The molecule has 0 radical (unpaired) electrons. The molecule has 0 bridgehead atoms. The Kier molecular flexibility index (Phi) is 4.58. The van der Waals surface area contributed by atoms with E-state index in [0.717, 1.165) is 23.8 Å². The molecule has 1 aromatic heterocycles. The number of hydrogen-bond acceptors (Lipinski definition) is 2. The number of amides is 1. The molecule has 110 valence electrons. The third-order valence-electron chi connectivity index (χ3n) is 3.45. The highest BCUT2D eigenvalue weighted by Gasteiger charge is 2.13.